The summed E-state index contributed by atoms with van der Waals surface area (Å²) in [5.74, 6) is 3.26. The number of esters is 1. The Balaban J connectivity index is 1.52. The van der Waals surface area contributed by atoms with E-state index in [4.69, 9.17) is 9.47 Å². The average Bonchev–Trinajstić information content (AvgIpc) is 2.31. The first-order valence-electron chi connectivity index (χ1n) is 7.03. The first-order chi connectivity index (χ1) is 8.26. The monoisotopic (exact) mass is 238 g/mol. The molecule has 0 radical (unpaired) electrons. The lowest BCUT2D eigenvalue weighted by Crippen LogP contribution is -2.49. The maximum Gasteiger partial charge on any atom is 0.307 e. The number of rotatable bonds is 4. The minimum absolute atomic E-state index is 0.159. The fraction of sp³-hybridized carbons (Fsp3) is 0.929. The second kappa shape index (κ2) is 4.60. The molecular weight excluding hydrogens is 216 g/mol. The van der Waals surface area contributed by atoms with Crippen LogP contribution in [0.5, 0.6) is 0 Å². The van der Waals surface area contributed by atoms with Gasteiger partial charge in [-0.05, 0) is 55.8 Å². The van der Waals surface area contributed by atoms with Gasteiger partial charge in [-0.2, -0.15) is 0 Å². The van der Waals surface area contributed by atoms with Gasteiger partial charge in [-0.3, -0.25) is 4.79 Å². The smallest absolute Gasteiger partial charge is 0.307 e. The summed E-state index contributed by atoms with van der Waals surface area (Å²) in [6, 6.07) is 0. The zero-order valence-electron chi connectivity index (χ0n) is 10.6. The molecule has 3 heteroatoms. The molecule has 4 rings (SSSR count). The van der Waals surface area contributed by atoms with Crippen molar-refractivity contribution < 1.29 is 14.3 Å². The summed E-state index contributed by atoms with van der Waals surface area (Å²) >= 11 is 0. The maximum absolute atomic E-state index is 11.1. The van der Waals surface area contributed by atoms with Crippen LogP contribution in [0.2, 0.25) is 0 Å². The maximum atomic E-state index is 11.1. The van der Waals surface area contributed by atoms with Crippen molar-refractivity contribution in [2.24, 2.45) is 23.7 Å². The summed E-state index contributed by atoms with van der Waals surface area (Å²) in [5, 5.41) is 0. The third-order valence-electron chi connectivity index (χ3n) is 4.91. The average molecular weight is 238 g/mol. The Morgan fingerprint density at radius 3 is 2.18 bits per heavy atom. The van der Waals surface area contributed by atoms with Crippen LogP contribution in [0.25, 0.3) is 0 Å². The molecule has 0 aliphatic heterocycles. The summed E-state index contributed by atoms with van der Waals surface area (Å²) in [4.78, 5) is 11.1. The van der Waals surface area contributed by atoms with Gasteiger partial charge in [0.15, 0.2) is 6.79 Å². The fourth-order valence-corrected chi connectivity index (χ4v) is 4.43. The molecule has 0 atom stereocenters. The predicted molar refractivity (Wildman–Crippen MR) is 63.2 cm³/mol. The Morgan fingerprint density at radius 1 is 1.06 bits per heavy atom. The van der Waals surface area contributed by atoms with Gasteiger partial charge in [0.25, 0.3) is 0 Å². The van der Waals surface area contributed by atoms with Gasteiger partial charge in [0.05, 0.1) is 6.10 Å². The van der Waals surface area contributed by atoms with Crippen molar-refractivity contribution in [1.29, 1.82) is 0 Å². The minimum atomic E-state index is -0.159. The van der Waals surface area contributed by atoms with E-state index in [2.05, 4.69) is 0 Å². The van der Waals surface area contributed by atoms with E-state index in [1.807, 2.05) is 6.92 Å². The number of ether oxygens (including phenoxy) is 2. The van der Waals surface area contributed by atoms with Crippen molar-refractivity contribution in [1.82, 2.24) is 0 Å². The molecule has 0 saturated heterocycles. The van der Waals surface area contributed by atoms with E-state index in [1.165, 1.54) is 32.1 Å². The number of carbonyl (C=O) groups excluding carboxylic acids is 1. The standard InChI is InChI=1S/C14H22O3/c1-2-13(15)16-8-17-14-11-4-9-3-10(6-11)7-12(14)5-9/h9-12,14H,2-8H2,1H3. The van der Waals surface area contributed by atoms with Gasteiger partial charge in [-0.15, -0.1) is 0 Å². The number of hydrogen-bond donors (Lipinski definition) is 0. The van der Waals surface area contributed by atoms with E-state index in [-0.39, 0.29) is 12.8 Å². The van der Waals surface area contributed by atoms with Gasteiger partial charge in [-0.1, -0.05) is 6.92 Å². The molecule has 4 fully saturated rings. The van der Waals surface area contributed by atoms with Gasteiger partial charge in [0.1, 0.15) is 0 Å². The first-order valence-corrected chi connectivity index (χ1v) is 7.03. The van der Waals surface area contributed by atoms with E-state index < -0.39 is 0 Å². The molecule has 0 unspecified atom stereocenters. The number of hydrogen-bond acceptors (Lipinski definition) is 3. The summed E-state index contributed by atoms with van der Waals surface area (Å²) in [5.41, 5.74) is 0. The van der Waals surface area contributed by atoms with Crippen molar-refractivity contribution in [3.63, 3.8) is 0 Å². The molecule has 96 valence electrons. The van der Waals surface area contributed by atoms with E-state index >= 15 is 0 Å². The Labute approximate surface area is 103 Å². The summed E-state index contributed by atoms with van der Waals surface area (Å²) in [6.45, 7) is 1.98. The van der Waals surface area contributed by atoms with Crippen LogP contribution < -0.4 is 0 Å². The van der Waals surface area contributed by atoms with Crippen LogP contribution in [0.4, 0.5) is 0 Å². The molecule has 0 aromatic carbocycles. The number of carbonyl (C=O) groups is 1. The van der Waals surface area contributed by atoms with Crippen LogP contribution in [0.1, 0.15) is 45.4 Å². The van der Waals surface area contributed by atoms with Crippen LogP contribution in [0.15, 0.2) is 0 Å². The van der Waals surface area contributed by atoms with Gasteiger partial charge in [0, 0.05) is 6.42 Å². The molecule has 17 heavy (non-hydrogen) atoms. The Kier molecular flexibility index (Phi) is 3.12. The minimum Gasteiger partial charge on any atom is -0.438 e. The van der Waals surface area contributed by atoms with Gasteiger partial charge >= 0.3 is 5.97 Å². The topological polar surface area (TPSA) is 35.5 Å². The van der Waals surface area contributed by atoms with Crippen molar-refractivity contribution >= 4 is 5.97 Å². The Hall–Kier alpha value is -0.570. The highest BCUT2D eigenvalue weighted by Crippen LogP contribution is 2.54. The van der Waals surface area contributed by atoms with Crippen LogP contribution in [-0.4, -0.2) is 18.9 Å². The van der Waals surface area contributed by atoms with E-state index in [0.29, 0.717) is 12.5 Å². The van der Waals surface area contributed by atoms with E-state index in [0.717, 1.165) is 23.7 Å². The largest absolute Gasteiger partial charge is 0.438 e. The normalized spacial score (nSPS) is 42.8. The van der Waals surface area contributed by atoms with Crippen LogP contribution >= 0.6 is 0 Å². The van der Waals surface area contributed by atoms with Crippen molar-refractivity contribution in [2.75, 3.05) is 6.79 Å². The summed E-state index contributed by atoms with van der Waals surface area (Å²) in [6.07, 6.45) is 7.65. The van der Waals surface area contributed by atoms with Crippen molar-refractivity contribution in [3.05, 3.63) is 0 Å². The first kappa shape index (κ1) is 11.5. The molecule has 4 aliphatic carbocycles. The second-order valence-corrected chi connectivity index (χ2v) is 6.05. The summed E-state index contributed by atoms with van der Waals surface area (Å²) < 4.78 is 10.9. The quantitative estimate of drug-likeness (QED) is 0.558. The molecule has 4 bridgehead atoms. The third kappa shape index (κ3) is 2.22. The molecule has 0 aromatic heterocycles. The van der Waals surface area contributed by atoms with Gasteiger partial charge < -0.3 is 9.47 Å². The molecule has 4 saturated carbocycles. The molecule has 3 nitrogen and oxygen atoms in total. The van der Waals surface area contributed by atoms with Crippen LogP contribution in [0, 0.1) is 23.7 Å². The van der Waals surface area contributed by atoms with E-state index in [1.54, 1.807) is 0 Å². The Morgan fingerprint density at radius 2 is 1.65 bits per heavy atom. The highest BCUT2D eigenvalue weighted by Gasteiger charge is 2.48. The van der Waals surface area contributed by atoms with Gasteiger partial charge in [0.2, 0.25) is 0 Å². The lowest BCUT2D eigenvalue weighted by atomic mass is 9.55. The molecule has 0 amide bonds. The highest BCUT2D eigenvalue weighted by molar-refractivity contribution is 5.68. The molecule has 4 aliphatic rings. The van der Waals surface area contributed by atoms with E-state index in [9.17, 15) is 4.79 Å². The van der Waals surface area contributed by atoms with Crippen LogP contribution in [-0.2, 0) is 14.3 Å². The van der Waals surface area contributed by atoms with Crippen LogP contribution in [0.3, 0.4) is 0 Å². The molecular formula is C14H22O3. The molecule has 0 heterocycles. The summed E-state index contributed by atoms with van der Waals surface area (Å²) in [7, 11) is 0. The zero-order chi connectivity index (χ0) is 11.8. The van der Waals surface area contributed by atoms with Crippen molar-refractivity contribution in [2.45, 2.75) is 51.6 Å². The zero-order valence-corrected chi connectivity index (χ0v) is 10.6. The lowest BCUT2D eigenvalue weighted by Gasteiger charge is -2.53. The fourth-order valence-electron chi connectivity index (χ4n) is 4.43. The predicted octanol–water partition coefficient (Wildman–Crippen LogP) is 2.74. The lowest BCUT2D eigenvalue weighted by molar-refractivity contribution is -0.186. The molecule has 0 aromatic rings. The molecule has 0 N–H and O–H groups in total. The third-order valence-corrected chi connectivity index (χ3v) is 4.91. The SMILES string of the molecule is CCC(=O)OCOC1C2CC3CC(C2)CC1C3. The Bertz CT molecular complexity index is 272. The van der Waals surface area contributed by atoms with Crippen molar-refractivity contribution in [3.8, 4) is 0 Å². The van der Waals surface area contributed by atoms with Gasteiger partial charge in [-0.25, -0.2) is 0 Å². The second-order valence-electron chi connectivity index (χ2n) is 6.05. The highest BCUT2D eigenvalue weighted by atomic mass is 16.7. The molecule has 0 spiro atoms.